The summed E-state index contributed by atoms with van der Waals surface area (Å²) >= 11 is 0. The molecule has 0 aliphatic carbocycles. The molecule has 1 saturated heterocycles. The Labute approximate surface area is 130 Å². The normalized spacial score (nSPS) is 26.5. The monoisotopic (exact) mass is 309 g/mol. The van der Waals surface area contributed by atoms with Crippen molar-refractivity contribution in [2.45, 2.75) is 56.3 Å². The van der Waals surface area contributed by atoms with Crippen LogP contribution in [0.25, 0.3) is 0 Å². The van der Waals surface area contributed by atoms with Gasteiger partial charge in [0, 0.05) is 23.4 Å². The summed E-state index contributed by atoms with van der Waals surface area (Å²) in [4.78, 5) is 0. The van der Waals surface area contributed by atoms with Crippen LogP contribution in [-0.2, 0) is 22.0 Å². The largest absolute Gasteiger partial charge is 0.377 e. The fourth-order valence-corrected chi connectivity index (χ4v) is 4.96. The highest BCUT2D eigenvalue weighted by molar-refractivity contribution is 7.86. The molecule has 4 heteroatoms. The average Bonchev–Trinajstić information content (AvgIpc) is 2.94. The van der Waals surface area contributed by atoms with Crippen molar-refractivity contribution >= 4 is 10.8 Å². The van der Waals surface area contributed by atoms with Gasteiger partial charge in [-0.25, -0.2) is 0 Å². The third-order valence-electron chi connectivity index (χ3n) is 4.50. The van der Waals surface area contributed by atoms with E-state index in [0.29, 0.717) is 0 Å². The summed E-state index contributed by atoms with van der Waals surface area (Å²) in [5.41, 5.74) is 2.54. The van der Waals surface area contributed by atoms with Crippen molar-refractivity contribution < 1.29 is 8.95 Å². The lowest BCUT2D eigenvalue weighted by atomic mass is 10.0. The summed E-state index contributed by atoms with van der Waals surface area (Å²) in [5.74, 6) is 0. The first-order chi connectivity index (χ1) is 10.1. The Hall–Kier alpha value is -0.710. The molecule has 1 fully saturated rings. The lowest BCUT2D eigenvalue weighted by Crippen LogP contribution is -2.37. The summed E-state index contributed by atoms with van der Waals surface area (Å²) in [6, 6.07) is 8.75. The predicted octanol–water partition coefficient (Wildman–Crippen LogP) is 2.82. The van der Waals surface area contributed by atoms with E-state index in [-0.39, 0.29) is 22.6 Å². The molecule has 118 valence electrons. The van der Waals surface area contributed by atoms with E-state index in [0.717, 1.165) is 19.4 Å². The van der Waals surface area contributed by atoms with Gasteiger partial charge in [0.05, 0.1) is 16.6 Å². The SMILES string of the molecule is CCc1ccc(C(NC)C(C)S(=O)C2CCOC2C)cc1. The van der Waals surface area contributed by atoms with Crippen LogP contribution in [0.1, 0.15) is 44.4 Å². The summed E-state index contributed by atoms with van der Waals surface area (Å²) in [7, 11) is 1.05. The molecule has 1 aliphatic rings. The first-order valence-corrected chi connectivity index (χ1v) is 9.13. The summed E-state index contributed by atoms with van der Waals surface area (Å²) in [6.45, 7) is 7.01. The fraction of sp³-hybridized carbons (Fsp3) is 0.647. The maximum Gasteiger partial charge on any atom is 0.0691 e. The van der Waals surface area contributed by atoms with Crippen LogP contribution in [0.4, 0.5) is 0 Å². The van der Waals surface area contributed by atoms with Gasteiger partial charge in [-0.1, -0.05) is 31.2 Å². The first-order valence-electron chi connectivity index (χ1n) is 7.85. The van der Waals surface area contributed by atoms with Gasteiger partial charge < -0.3 is 10.1 Å². The van der Waals surface area contributed by atoms with Crippen molar-refractivity contribution in [3.05, 3.63) is 35.4 Å². The molecule has 5 atom stereocenters. The Kier molecular flexibility index (Phi) is 5.97. The van der Waals surface area contributed by atoms with Crippen LogP contribution >= 0.6 is 0 Å². The quantitative estimate of drug-likeness (QED) is 0.878. The van der Waals surface area contributed by atoms with Crippen LogP contribution < -0.4 is 5.32 Å². The Bertz CT molecular complexity index is 474. The Morgan fingerprint density at radius 2 is 2.05 bits per heavy atom. The zero-order valence-electron chi connectivity index (χ0n) is 13.5. The van der Waals surface area contributed by atoms with Crippen LogP contribution in [0.15, 0.2) is 24.3 Å². The van der Waals surface area contributed by atoms with E-state index in [1.54, 1.807) is 0 Å². The van der Waals surface area contributed by atoms with Gasteiger partial charge in [-0.3, -0.25) is 4.21 Å². The zero-order valence-corrected chi connectivity index (χ0v) is 14.3. The van der Waals surface area contributed by atoms with E-state index in [4.69, 9.17) is 4.74 Å². The molecule has 0 aromatic heterocycles. The minimum absolute atomic E-state index is 0.0663. The van der Waals surface area contributed by atoms with E-state index in [9.17, 15) is 4.21 Å². The zero-order chi connectivity index (χ0) is 15.4. The minimum atomic E-state index is -0.895. The first kappa shape index (κ1) is 16.7. The summed E-state index contributed by atoms with van der Waals surface area (Å²) in [5, 5.41) is 3.57. The van der Waals surface area contributed by atoms with Crippen LogP contribution in [0.5, 0.6) is 0 Å². The highest BCUT2D eigenvalue weighted by Gasteiger charge is 2.35. The number of hydrogen-bond donors (Lipinski definition) is 1. The van der Waals surface area contributed by atoms with Gasteiger partial charge in [-0.05, 0) is 44.9 Å². The molecule has 1 N–H and O–H groups in total. The molecule has 21 heavy (non-hydrogen) atoms. The highest BCUT2D eigenvalue weighted by atomic mass is 32.2. The molecule has 0 radical (unpaired) electrons. The summed E-state index contributed by atoms with van der Waals surface area (Å²) in [6.07, 6.45) is 2.06. The van der Waals surface area contributed by atoms with Crippen molar-refractivity contribution in [1.82, 2.24) is 5.32 Å². The van der Waals surface area contributed by atoms with Crippen LogP contribution in [-0.4, -0.2) is 34.5 Å². The van der Waals surface area contributed by atoms with Crippen molar-refractivity contribution in [2.24, 2.45) is 0 Å². The number of hydrogen-bond acceptors (Lipinski definition) is 3. The smallest absolute Gasteiger partial charge is 0.0691 e. The average molecular weight is 309 g/mol. The fourth-order valence-electron chi connectivity index (χ4n) is 3.06. The molecule has 5 unspecified atom stereocenters. The molecule has 0 bridgehead atoms. The number of aryl methyl sites for hydroxylation is 1. The topological polar surface area (TPSA) is 38.3 Å². The number of rotatable bonds is 6. The molecule has 1 heterocycles. The molecular formula is C17H27NO2S. The maximum atomic E-state index is 12.8. The van der Waals surface area contributed by atoms with Gasteiger partial charge in [-0.15, -0.1) is 0 Å². The number of ether oxygens (including phenoxy) is 1. The molecular weight excluding hydrogens is 282 g/mol. The molecule has 1 aromatic carbocycles. The van der Waals surface area contributed by atoms with Gasteiger partial charge in [0.25, 0.3) is 0 Å². The lowest BCUT2D eigenvalue weighted by Gasteiger charge is -2.27. The predicted molar refractivity (Wildman–Crippen MR) is 89.0 cm³/mol. The van der Waals surface area contributed by atoms with E-state index < -0.39 is 10.8 Å². The summed E-state index contributed by atoms with van der Waals surface area (Å²) < 4.78 is 18.4. The minimum Gasteiger partial charge on any atom is -0.377 e. The Morgan fingerprint density at radius 1 is 1.38 bits per heavy atom. The molecule has 0 spiro atoms. The second kappa shape index (κ2) is 7.52. The van der Waals surface area contributed by atoms with Crippen molar-refractivity contribution in [3.8, 4) is 0 Å². The van der Waals surface area contributed by atoms with Crippen molar-refractivity contribution in [2.75, 3.05) is 13.7 Å². The van der Waals surface area contributed by atoms with Gasteiger partial charge in [0.15, 0.2) is 0 Å². The standard InChI is InChI=1S/C17H27NO2S/c1-5-14-6-8-15(9-7-14)17(18-4)13(3)21(19)16-10-11-20-12(16)2/h6-9,12-13,16-18H,5,10-11H2,1-4H3. The molecule has 2 rings (SSSR count). The van der Waals surface area contributed by atoms with Crippen molar-refractivity contribution in [1.29, 1.82) is 0 Å². The van der Waals surface area contributed by atoms with E-state index in [1.807, 2.05) is 14.0 Å². The maximum absolute atomic E-state index is 12.8. The second-order valence-corrected chi connectivity index (χ2v) is 7.80. The Morgan fingerprint density at radius 3 is 2.52 bits per heavy atom. The van der Waals surface area contributed by atoms with Gasteiger partial charge in [-0.2, -0.15) is 0 Å². The third kappa shape index (κ3) is 3.74. The molecule has 1 aliphatic heterocycles. The second-order valence-electron chi connectivity index (χ2n) is 5.80. The van der Waals surface area contributed by atoms with E-state index in [1.165, 1.54) is 11.1 Å². The molecule has 0 saturated carbocycles. The van der Waals surface area contributed by atoms with Crippen LogP contribution in [0, 0.1) is 0 Å². The van der Waals surface area contributed by atoms with E-state index in [2.05, 4.69) is 43.4 Å². The molecule has 1 aromatic rings. The number of benzene rings is 1. The molecule has 3 nitrogen and oxygen atoms in total. The van der Waals surface area contributed by atoms with Crippen molar-refractivity contribution in [3.63, 3.8) is 0 Å². The lowest BCUT2D eigenvalue weighted by molar-refractivity contribution is 0.126. The highest BCUT2D eigenvalue weighted by Crippen LogP contribution is 2.27. The van der Waals surface area contributed by atoms with Gasteiger partial charge in [0.2, 0.25) is 0 Å². The van der Waals surface area contributed by atoms with Crippen LogP contribution in [0.2, 0.25) is 0 Å². The van der Waals surface area contributed by atoms with E-state index >= 15 is 0 Å². The van der Waals surface area contributed by atoms with Crippen LogP contribution in [0.3, 0.4) is 0 Å². The third-order valence-corrected chi connectivity index (χ3v) is 6.72. The van der Waals surface area contributed by atoms with Gasteiger partial charge in [0.1, 0.15) is 0 Å². The Balaban J connectivity index is 2.13. The molecule has 0 amide bonds. The van der Waals surface area contributed by atoms with Gasteiger partial charge >= 0.3 is 0 Å². The number of nitrogens with one attached hydrogen (secondary N) is 1.